The molecule has 1 aliphatic carbocycles. The van der Waals surface area contributed by atoms with E-state index in [9.17, 15) is 0 Å². The summed E-state index contributed by atoms with van der Waals surface area (Å²) in [4.78, 5) is 5.03. The van der Waals surface area contributed by atoms with Crippen LogP contribution in [-0.4, -0.2) is 4.98 Å². The lowest BCUT2D eigenvalue weighted by Gasteiger charge is -2.39. The van der Waals surface area contributed by atoms with Gasteiger partial charge in [-0.15, -0.1) is 0 Å². The Morgan fingerprint density at radius 1 is 0.375 bits per heavy atom. The fraction of sp³-hybridized carbons (Fsp3) is 0.0217. The molecule has 8 aromatic rings. The molecule has 224 valence electrons. The summed E-state index contributed by atoms with van der Waals surface area (Å²) in [6.07, 6.45) is 0. The van der Waals surface area contributed by atoms with Crippen molar-refractivity contribution in [1.29, 1.82) is 0 Å². The largest absolute Gasteiger partial charge is 0.457 e. The zero-order chi connectivity index (χ0) is 31.7. The highest BCUT2D eigenvalue weighted by Crippen LogP contribution is 2.62. The molecule has 0 saturated carbocycles. The smallest absolute Gasteiger partial charge is 0.132 e. The third-order valence-electron chi connectivity index (χ3n) is 10.2. The van der Waals surface area contributed by atoms with Gasteiger partial charge in [0.2, 0.25) is 0 Å². The maximum Gasteiger partial charge on any atom is 0.132 e. The van der Waals surface area contributed by atoms with Crippen LogP contribution in [-0.2, 0) is 5.41 Å². The van der Waals surface area contributed by atoms with Crippen LogP contribution in [0.3, 0.4) is 0 Å². The zero-order valence-corrected chi connectivity index (χ0v) is 26.1. The number of fused-ring (bicyclic) bond motifs is 10. The van der Waals surface area contributed by atoms with Gasteiger partial charge in [-0.2, -0.15) is 0 Å². The minimum atomic E-state index is -0.452. The highest BCUT2D eigenvalue weighted by atomic mass is 16.5. The van der Waals surface area contributed by atoms with Crippen LogP contribution in [0.4, 0.5) is 0 Å². The summed E-state index contributed by atoms with van der Waals surface area (Å²) in [5.41, 5.74) is 14.8. The Balaban J connectivity index is 1.11. The number of nitrogens with zero attached hydrogens (tertiary/aromatic N) is 1. The lowest BCUT2D eigenvalue weighted by molar-refractivity contribution is 0.436. The summed E-state index contributed by atoms with van der Waals surface area (Å²) in [6.45, 7) is 0. The van der Waals surface area contributed by atoms with Gasteiger partial charge in [-0.25, -0.2) is 4.98 Å². The topological polar surface area (TPSA) is 22.1 Å². The average molecular weight is 612 g/mol. The Bertz CT molecular complexity index is 2500. The van der Waals surface area contributed by atoms with Gasteiger partial charge >= 0.3 is 0 Å². The second-order valence-corrected chi connectivity index (χ2v) is 12.7. The standard InChI is InChI=1S/C46H29NO/c1-2-12-30(13-3-1)42-27-25-37-34(18-11-22-43(37)47-42)33-15-10-14-31(28-33)32-24-26-41-45(29-32)48-44-23-9-8-21-40(44)46(41)38-19-6-4-16-35(38)36-17-5-7-20-39(36)46/h1-29H. The van der Waals surface area contributed by atoms with Crippen LogP contribution in [0.2, 0.25) is 0 Å². The Labute approximate surface area is 279 Å². The summed E-state index contributed by atoms with van der Waals surface area (Å²) in [5, 5.41) is 1.14. The molecule has 0 radical (unpaired) electrons. The van der Waals surface area contributed by atoms with Crippen molar-refractivity contribution in [1.82, 2.24) is 4.98 Å². The molecule has 0 bridgehead atoms. The predicted molar refractivity (Wildman–Crippen MR) is 195 cm³/mol. The van der Waals surface area contributed by atoms with Crippen molar-refractivity contribution in [2.24, 2.45) is 0 Å². The molecule has 0 atom stereocenters. The number of rotatable bonds is 3. The van der Waals surface area contributed by atoms with Gasteiger partial charge in [0, 0.05) is 22.1 Å². The second-order valence-electron chi connectivity index (χ2n) is 12.7. The molecule has 0 fully saturated rings. The summed E-state index contributed by atoms with van der Waals surface area (Å²) in [7, 11) is 0. The van der Waals surface area contributed by atoms with E-state index in [-0.39, 0.29) is 0 Å². The average Bonchev–Trinajstić information content (AvgIpc) is 3.45. The molecule has 48 heavy (non-hydrogen) atoms. The van der Waals surface area contributed by atoms with E-state index in [1.807, 2.05) is 6.07 Å². The van der Waals surface area contributed by atoms with Gasteiger partial charge in [0.15, 0.2) is 0 Å². The van der Waals surface area contributed by atoms with E-state index in [0.29, 0.717) is 0 Å². The number of pyridine rings is 1. The van der Waals surface area contributed by atoms with E-state index in [4.69, 9.17) is 9.72 Å². The Kier molecular flexibility index (Phi) is 5.82. The molecular weight excluding hydrogens is 583 g/mol. The summed E-state index contributed by atoms with van der Waals surface area (Å²) < 4.78 is 6.77. The maximum absolute atomic E-state index is 6.77. The Hall–Kier alpha value is -6.25. The van der Waals surface area contributed by atoms with E-state index in [1.54, 1.807) is 0 Å². The molecule has 1 aliphatic heterocycles. The fourth-order valence-electron chi connectivity index (χ4n) is 8.08. The lowest BCUT2D eigenvalue weighted by atomic mass is 9.66. The summed E-state index contributed by atoms with van der Waals surface area (Å²) in [6, 6.07) is 62.9. The van der Waals surface area contributed by atoms with E-state index >= 15 is 0 Å². The van der Waals surface area contributed by atoms with Crippen molar-refractivity contribution in [2.75, 3.05) is 0 Å². The van der Waals surface area contributed by atoms with Crippen LogP contribution >= 0.6 is 0 Å². The quantitative estimate of drug-likeness (QED) is 0.198. The highest BCUT2D eigenvalue weighted by Gasteiger charge is 2.50. The summed E-state index contributed by atoms with van der Waals surface area (Å²) in [5.74, 6) is 1.80. The van der Waals surface area contributed by atoms with Gasteiger partial charge < -0.3 is 4.74 Å². The van der Waals surface area contributed by atoms with Crippen LogP contribution in [0.25, 0.3) is 55.5 Å². The number of hydrogen-bond acceptors (Lipinski definition) is 2. The van der Waals surface area contributed by atoms with Crippen molar-refractivity contribution < 1.29 is 4.74 Å². The minimum Gasteiger partial charge on any atom is -0.457 e. The second kappa shape index (κ2) is 10.4. The Morgan fingerprint density at radius 3 is 1.79 bits per heavy atom. The molecule has 2 aliphatic rings. The molecule has 10 rings (SSSR count). The fourth-order valence-corrected chi connectivity index (χ4v) is 8.08. The first-order chi connectivity index (χ1) is 23.8. The van der Waals surface area contributed by atoms with Gasteiger partial charge in [0.1, 0.15) is 11.5 Å². The monoisotopic (exact) mass is 611 g/mol. The van der Waals surface area contributed by atoms with Crippen LogP contribution in [0.5, 0.6) is 11.5 Å². The number of hydrogen-bond donors (Lipinski definition) is 0. The molecule has 2 heteroatoms. The first-order valence-corrected chi connectivity index (χ1v) is 16.5. The van der Waals surface area contributed by atoms with Crippen LogP contribution in [0.15, 0.2) is 176 Å². The number of aromatic nitrogens is 1. The third kappa shape index (κ3) is 3.84. The van der Waals surface area contributed by atoms with Gasteiger partial charge in [-0.1, -0.05) is 146 Å². The highest BCUT2D eigenvalue weighted by molar-refractivity contribution is 5.96. The van der Waals surface area contributed by atoms with Crippen LogP contribution in [0, 0.1) is 0 Å². The van der Waals surface area contributed by atoms with Crippen LogP contribution < -0.4 is 4.74 Å². The van der Waals surface area contributed by atoms with E-state index in [0.717, 1.165) is 50.3 Å². The van der Waals surface area contributed by atoms with Gasteiger partial charge in [0.05, 0.1) is 16.6 Å². The molecule has 7 aromatic carbocycles. The Morgan fingerprint density at radius 2 is 0.979 bits per heavy atom. The van der Waals surface area contributed by atoms with Crippen molar-refractivity contribution in [3.05, 3.63) is 198 Å². The molecule has 2 nitrogen and oxygen atoms in total. The minimum absolute atomic E-state index is 0.452. The zero-order valence-electron chi connectivity index (χ0n) is 26.1. The molecule has 0 amide bonds. The SMILES string of the molecule is c1ccc(-c2ccc3c(-c4cccc(-c5ccc6c(c5)Oc5ccccc5C65c6ccccc6-c6ccccc65)c4)cccc3n2)cc1. The number of benzene rings is 7. The molecular formula is C46H29NO. The van der Waals surface area contributed by atoms with Crippen LogP contribution in [0.1, 0.15) is 22.3 Å². The molecule has 0 unspecified atom stereocenters. The van der Waals surface area contributed by atoms with Crippen molar-refractivity contribution >= 4 is 10.9 Å². The van der Waals surface area contributed by atoms with Crippen molar-refractivity contribution in [3.63, 3.8) is 0 Å². The molecule has 0 saturated heterocycles. The molecule has 2 heterocycles. The van der Waals surface area contributed by atoms with E-state index in [1.165, 1.54) is 38.9 Å². The normalized spacial score (nSPS) is 13.3. The predicted octanol–water partition coefficient (Wildman–Crippen LogP) is 11.7. The molecule has 0 N–H and O–H groups in total. The van der Waals surface area contributed by atoms with Gasteiger partial charge in [-0.05, 0) is 74.8 Å². The molecule has 1 spiro atoms. The van der Waals surface area contributed by atoms with Crippen molar-refractivity contribution in [3.8, 4) is 56.1 Å². The third-order valence-corrected chi connectivity index (χ3v) is 10.2. The van der Waals surface area contributed by atoms with E-state index < -0.39 is 5.41 Å². The summed E-state index contributed by atoms with van der Waals surface area (Å²) >= 11 is 0. The van der Waals surface area contributed by atoms with Gasteiger partial charge in [-0.3, -0.25) is 0 Å². The van der Waals surface area contributed by atoms with E-state index in [2.05, 4.69) is 170 Å². The van der Waals surface area contributed by atoms with Gasteiger partial charge in [0.25, 0.3) is 0 Å². The molecule has 1 aromatic heterocycles. The van der Waals surface area contributed by atoms with Crippen molar-refractivity contribution in [2.45, 2.75) is 5.41 Å². The first kappa shape index (κ1) is 26.9. The first-order valence-electron chi connectivity index (χ1n) is 16.5. The maximum atomic E-state index is 6.77. The number of para-hydroxylation sites is 1. The number of ether oxygens (including phenoxy) is 1. The lowest BCUT2D eigenvalue weighted by Crippen LogP contribution is -2.32.